The highest BCUT2D eigenvalue weighted by molar-refractivity contribution is 7.89. The normalized spacial score (nSPS) is 14.9. The van der Waals surface area contributed by atoms with Crippen molar-refractivity contribution in [2.75, 3.05) is 32.8 Å². The van der Waals surface area contributed by atoms with Crippen LogP contribution in [0, 0.1) is 10.1 Å². The molecule has 1 heterocycles. The summed E-state index contributed by atoms with van der Waals surface area (Å²) in [6, 6.07) is 18.7. The first kappa shape index (κ1) is 21.7. The van der Waals surface area contributed by atoms with Gasteiger partial charge in [-0.25, -0.2) is 8.42 Å². The number of ether oxygens (including phenoxy) is 1. The van der Waals surface area contributed by atoms with E-state index in [1.165, 1.54) is 27.4 Å². The van der Waals surface area contributed by atoms with Crippen LogP contribution in [0.2, 0.25) is 0 Å². The highest BCUT2D eigenvalue weighted by Crippen LogP contribution is 2.27. The molecule has 32 heavy (non-hydrogen) atoms. The molecule has 1 fully saturated rings. The number of nitro benzene ring substituents is 1. The molecule has 3 aromatic rings. The summed E-state index contributed by atoms with van der Waals surface area (Å²) in [6.45, 7) is 0.307. The summed E-state index contributed by atoms with van der Waals surface area (Å²) in [6.07, 6.45) is 0. The minimum atomic E-state index is -4.04. The molecule has 1 aliphatic rings. The monoisotopic (exact) mass is 455 g/mol. The van der Waals surface area contributed by atoms with Gasteiger partial charge in [-0.1, -0.05) is 42.5 Å². The standard InChI is InChI=1S/C22H21N3O6S/c26-22(16-31-19-10-9-17-5-1-2-6-18(17)15-19)23-11-13-24(14-12-23)32(29,30)21-8-4-3-7-20(21)25(27)28/h1-10,15H,11-14,16H2. The number of nitrogens with zero attached hydrogens (tertiary/aromatic N) is 3. The molecule has 0 atom stereocenters. The maximum atomic E-state index is 12.9. The van der Waals surface area contributed by atoms with Gasteiger partial charge >= 0.3 is 0 Å². The number of para-hydroxylation sites is 1. The van der Waals surface area contributed by atoms with E-state index in [4.69, 9.17) is 4.74 Å². The molecule has 9 nitrogen and oxygen atoms in total. The van der Waals surface area contributed by atoms with E-state index in [2.05, 4.69) is 0 Å². The Morgan fingerprint density at radius 2 is 1.59 bits per heavy atom. The van der Waals surface area contributed by atoms with Crippen molar-refractivity contribution in [2.24, 2.45) is 0 Å². The Morgan fingerprint density at radius 1 is 0.938 bits per heavy atom. The fraction of sp³-hybridized carbons (Fsp3) is 0.227. The SMILES string of the molecule is O=C(COc1ccc2ccccc2c1)N1CCN(S(=O)(=O)c2ccccc2[N+](=O)[O-])CC1. The lowest BCUT2D eigenvalue weighted by Crippen LogP contribution is -2.51. The Bertz CT molecular complexity index is 1270. The van der Waals surface area contributed by atoms with Crippen LogP contribution >= 0.6 is 0 Å². The highest BCUT2D eigenvalue weighted by Gasteiger charge is 2.34. The number of piperazine rings is 1. The average Bonchev–Trinajstić information content (AvgIpc) is 2.82. The number of fused-ring (bicyclic) bond motifs is 1. The molecule has 1 saturated heterocycles. The van der Waals surface area contributed by atoms with Crippen molar-refractivity contribution in [2.45, 2.75) is 4.90 Å². The van der Waals surface area contributed by atoms with Gasteiger partial charge in [0.05, 0.1) is 4.92 Å². The largest absolute Gasteiger partial charge is 0.484 e. The lowest BCUT2D eigenvalue weighted by Gasteiger charge is -2.33. The Morgan fingerprint density at radius 3 is 2.31 bits per heavy atom. The number of rotatable bonds is 6. The summed E-state index contributed by atoms with van der Waals surface area (Å²) in [4.78, 5) is 24.2. The van der Waals surface area contributed by atoms with E-state index in [9.17, 15) is 23.3 Å². The zero-order valence-electron chi connectivity index (χ0n) is 17.1. The second kappa shape index (κ2) is 8.93. The maximum absolute atomic E-state index is 12.9. The van der Waals surface area contributed by atoms with Crippen LogP contribution < -0.4 is 4.74 Å². The smallest absolute Gasteiger partial charge is 0.289 e. The van der Waals surface area contributed by atoms with E-state index in [-0.39, 0.29) is 43.6 Å². The first-order valence-electron chi connectivity index (χ1n) is 9.99. The third-order valence-electron chi connectivity index (χ3n) is 5.35. The van der Waals surface area contributed by atoms with Gasteiger partial charge < -0.3 is 9.64 Å². The van der Waals surface area contributed by atoms with E-state index in [1.807, 2.05) is 36.4 Å². The Labute approximate surface area is 185 Å². The number of sulfonamides is 1. The van der Waals surface area contributed by atoms with Crippen molar-refractivity contribution in [3.63, 3.8) is 0 Å². The lowest BCUT2D eigenvalue weighted by molar-refractivity contribution is -0.387. The average molecular weight is 455 g/mol. The molecular formula is C22H21N3O6S. The van der Waals surface area contributed by atoms with Crippen LogP contribution in [0.1, 0.15) is 0 Å². The first-order valence-corrected chi connectivity index (χ1v) is 11.4. The molecule has 10 heteroatoms. The molecular weight excluding hydrogens is 434 g/mol. The van der Waals surface area contributed by atoms with Gasteiger partial charge in [0, 0.05) is 32.2 Å². The summed E-state index contributed by atoms with van der Waals surface area (Å²) in [7, 11) is -4.04. The summed E-state index contributed by atoms with van der Waals surface area (Å²) >= 11 is 0. The molecule has 0 radical (unpaired) electrons. The zero-order valence-corrected chi connectivity index (χ0v) is 17.9. The van der Waals surface area contributed by atoms with Crippen molar-refractivity contribution in [1.29, 1.82) is 0 Å². The number of carbonyl (C=O) groups is 1. The fourth-order valence-electron chi connectivity index (χ4n) is 3.64. The fourth-order valence-corrected chi connectivity index (χ4v) is 5.22. The van der Waals surface area contributed by atoms with Crippen molar-refractivity contribution in [3.8, 4) is 5.75 Å². The van der Waals surface area contributed by atoms with Crippen LogP contribution in [-0.4, -0.2) is 61.2 Å². The first-order chi connectivity index (χ1) is 15.4. The van der Waals surface area contributed by atoms with Crippen LogP contribution in [0.5, 0.6) is 5.75 Å². The van der Waals surface area contributed by atoms with Crippen LogP contribution in [0.25, 0.3) is 10.8 Å². The molecule has 1 aliphatic heterocycles. The van der Waals surface area contributed by atoms with Gasteiger partial charge in [-0.3, -0.25) is 14.9 Å². The third-order valence-corrected chi connectivity index (χ3v) is 7.30. The lowest BCUT2D eigenvalue weighted by atomic mass is 10.1. The van der Waals surface area contributed by atoms with Gasteiger partial charge in [-0.15, -0.1) is 0 Å². The molecule has 166 valence electrons. The highest BCUT2D eigenvalue weighted by atomic mass is 32.2. The maximum Gasteiger partial charge on any atom is 0.289 e. The van der Waals surface area contributed by atoms with E-state index in [0.29, 0.717) is 5.75 Å². The number of carbonyl (C=O) groups excluding carboxylic acids is 1. The zero-order chi connectivity index (χ0) is 22.7. The van der Waals surface area contributed by atoms with Gasteiger partial charge in [0.2, 0.25) is 10.0 Å². The van der Waals surface area contributed by atoms with Crippen LogP contribution in [0.3, 0.4) is 0 Å². The van der Waals surface area contributed by atoms with E-state index in [0.717, 1.165) is 16.8 Å². The second-order valence-corrected chi connectivity index (χ2v) is 9.21. The minimum Gasteiger partial charge on any atom is -0.484 e. The summed E-state index contributed by atoms with van der Waals surface area (Å²) < 4.78 is 32.6. The molecule has 4 rings (SSSR count). The van der Waals surface area contributed by atoms with Gasteiger partial charge in [0.15, 0.2) is 11.5 Å². The van der Waals surface area contributed by atoms with Gasteiger partial charge in [-0.2, -0.15) is 4.31 Å². The molecule has 0 unspecified atom stereocenters. The van der Waals surface area contributed by atoms with Crippen LogP contribution in [0.4, 0.5) is 5.69 Å². The van der Waals surface area contributed by atoms with Crippen molar-refractivity contribution in [3.05, 3.63) is 76.8 Å². The molecule has 0 aliphatic carbocycles. The Balaban J connectivity index is 1.36. The quantitative estimate of drug-likeness (QED) is 0.417. The third kappa shape index (κ3) is 4.41. The number of nitro groups is 1. The van der Waals surface area contributed by atoms with Gasteiger partial charge in [-0.05, 0) is 29.0 Å². The van der Waals surface area contributed by atoms with Crippen LogP contribution in [0.15, 0.2) is 71.6 Å². The summed E-state index contributed by atoms with van der Waals surface area (Å²) in [5.41, 5.74) is -0.463. The Kier molecular flexibility index (Phi) is 6.06. The van der Waals surface area contributed by atoms with Crippen molar-refractivity contribution in [1.82, 2.24) is 9.21 Å². The van der Waals surface area contributed by atoms with Gasteiger partial charge in [0.25, 0.3) is 11.6 Å². The molecule has 3 aromatic carbocycles. The van der Waals surface area contributed by atoms with Gasteiger partial charge in [0.1, 0.15) is 5.75 Å². The second-order valence-electron chi connectivity index (χ2n) is 7.31. The summed E-state index contributed by atoms with van der Waals surface area (Å²) in [5.74, 6) is 0.329. The molecule has 0 bridgehead atoms. The van der Waals surface area contributed by atoms with E-state index < -0.39 is 20.6 Å². The molecule has 0 aromatic heterocycles. The van der Waals surface area contributed by atoms with Crippen LogP contribution in [-0.2, 0) is 14.8 Å². The van der Waals surface area contributed by atoms with E-state index in [1.54, 1.807) is 6.07 Å². The number of hydrogen-bond acceptors (Lipinski definition) is 6. The molecule has 0 saturated carbocycles. The number of amides is 1. The minimum absolute atomic E-state index is 0.0517. The molecule has 0 N–H and O–H groups in total. The summed E-state index contributed by atoms with van der Waals surface area (Å²) in [5, 5.41) is 13.3. The van der Waals surface area contributed by atoms with Crippen molar-refractivity contribution < 1.29 is 22.9 Å². The predicted octanol–water partition coefficient (Wildman–Crippen LogP) is 2.66. The topological polar surface area (TPSA) is 110 Å². The molecule has 1 amide bonds. The number of hydrogen-bond donors (Lipinski definition) is 0. The van der Waals surface area contributed by atoms with Crippen molar-refractivity contribution >= 4 is 32.4 Å². The predicted molar refractivity (Wildman–Crippen MR) is 118 cm³/mol. The van der Waals surface area contributed by atoms with E-state index >= 15 is 0 Å². The molecule has 0 spiro atoms. The number of benzene rings is 3. The Hall–Kier alpha value is -3.50.